The van der Waals surface area contributed by atoms with E-state index in [1.807, 2.05) is 20.8 Å². The van der Waals surface area contributed by atoms with Gasteiger partial charge in [-0.1, -0.05) is 15.9 Å². The molecule has 0 spiro atoms. The van der Waals surface area contributed by atoms with Gasteiger partial charge in [-0.2, -0.15) is 0 Å². The molecule has 1 fully saturated rings. The third kappa shape index (κ3) is 4.84. The molecule has 0 aromatic carbocycles. The topological polar surface area (TPSA) is 38.8 Å². The van der Waals surface area contributed by atoms with Crippen LogP contribution in [0.25, 0.3) is 0 Å². The van der Waals surface area contributed by atoms with E-state index in [1.54, 1.807) is 4.90 Å². The van der Waals surface area contributed by atoms with E-state index in [4.69, 9.17) is 9.47 Å². The van der Waals surface area contributed by atoms with E-state index in [9.17, 15) is 4.79 Å². The third-order valence-electron chi connectivity index (χ3n) is 1.87. The molecule has 1 amide bonds. The molecule has 1 saturated heterocycles. The second-order valence-electron chi connectivity index (χ2n) is 4.60. The van der Waals surface area contributed by atoms with E-state index < -0.39 is 5.60 Å². The molecule has 15 heavy (non-hydrogen) atoms. The molecule has 0 saturated carbocycles. The Morgan fingerprint density at radius 3 is 2.80 bits per heavy atom. The van der Waals surface area contributed by atoms with Crippen molar-refractivity contribution < 1.29 is 14.3 Å². The minimum absolute atomic E-state index is 0.188. The third-order valence-corrected chi connectivity index (χ3v) is 2.43. The minimum Gasteiger partial charge on any atom is -0.444 e. The monoisotopic (exact) mass is 279 g/mol. The molecule has 1 heterocycles. The lowest BCUT2D eigenvalue weighted by Gasteiger charge is -2.26. The maximum Gasteiger partial charge on any atom is 0.410 e. The summed E-state index contributed by atoms with van der Waals surface area (Å²) < 4.78 is 10.6. The van der Waals surface area contributed by atoms with Gasteiger partial charge in [0.1, 0.15) is 5.60 Å². The first-order valence-corrected chi connectivity index (χ1v) is 6.00. The first-order valence-electron chi connectivity index (χ1n) is 5.08. The molecular formula is C10H18BrNO3. The zero-order chi connectivity index (χ0) is 11.5. The number of carbonyl (C=O) groups excluding carboxylic acids is 1. The quantitative estimate of drug-likeness (QED) is 0.637. The van der Waals surface area contributed by atoms with Crippen LogP contribution in [0.4, 0.5) is 4.79 Å². The summed E-state index contributed by atoms with van der Waals surface area (Å²) in [4.78, 5) is 13.6. The van der Waals surface area contributed by atoms with Gasteiger partial charge in [0.2, 0.25) is 0 Å². The van der Waals surface area contributed by atoms with Gasteiger partial charge in [0.15, 0.2) is 0 Å². The van der Waals surface area contributed by atoms with E-state index in [0.717, 1.165) is 0 Å². The number of hydrogen-bond acceptors (Lipinski definition) is 3. The molecule has 1 aliphatic heterocycles. The van der Waals surface area contributed by atoms with Gasteiger partial charge in [-0.25, -0.2) is 4.79 Å². The first kappa shape index (κ1) is 12.8. The molecule has 1 rings (SSSR count). The van der Waals surface area contributed by atoms with Gasteiger partial charge in [-0.3, -0.25) is 0 Å². The van der Waals surface area contributed by atoms with Crippen LogP contribution in [0.15, 0.2) is 0 Å². The number of nitrogens with zero attached hydrogens (tertiary/aromatic N) is 1. The maximum atomic E-state index is 11.7. The van der Waals surface area contributed by atoms with Crippen molar-refractivity contribution in [2.75, 3.05) is 26.3 Å². The van der Waals surface area contributed by atoms with Gasteiger partial charge in [-0.15, -0.1) is 0 Å². The van der Waals surface area contributed by atoms with Crippen molar-refractivity contribution in [2.45, 2.75) is 31.2 Å². The Kier molecular flexibility index (Phi) is 4.40. The molecule has 0 bridgehead atoms. The van der Waals surface area contributed by atoms with Gasteiger partial charge in [-0.05, 0) is 20.8 Å². The van der Waals surface area contributed by atoms with Gasteiger partial charge >= 0.3 is 6.09 Å². The molecule has 0 aromatic rings. The fourth-order valence-electron chi connectivity index (χ4n) is 1.26. The predicted octanol–water partition coefficient (Wildman–Crippen LogP) is 2.02. The normalized spacial score (nSPS) is 23.5. The van der Waals surface area contributed by atoms with Gasteiger partial charge in [0.05, 0.1) is 18.0 Å². The highest BCUT2D eigenvalue weighted by molar-refractivity contribution is 9.09. The van der Waals surface area contributed by atoms with Crippen LogP contribution in [-0.2, 0) is 9.47 Å². The second-order valence-corrected chi connectivity index (χ2v) is 5.89. The molecule has 5 heteroatoms. The van der Waals surface area contributed by atoms with Crippen molar-refractivity contribution in [3.63, 3.8) is 0 Å². The summed E-state index contributed by atoms with van der Waals surface area (Å²) in [7, 11) is 0. The smallest absolute Gasteiger partial charge is 0.410 e. The number of halogens is 1. The molecule has 0 radical (unpaired) electrons. The lowest BCUT2D eigenvalue weighted by atomic mass is 10.2. The summed E-state index contributed by atoms with van der Waals surface area (Å²) in [5, 5.41) is 0. The Hall–Kier alpha value is -0.290. The zero-order valence-electron chi connectivity index (χ0n) is 9.46. The molecule has 0 N–H and O–H groups in total. The summed E-state index contributed by atoms with van der Waals surface area (Å²) in [5.41, 5.74) is -0.438. The first-order chi connectivity index (χ1) is 6.88. The predicted molar refractivity (Wildman–Crippen MR) is 61.3 cm³/mol. The van der Waals surface area contributed by atoms with Crippen molar-refractivity contribution in [3.05, 3.63) is 0 Å². The van der Waals surface area contributed by atoms with Crippen molar-refractivity contribution in [3.8, 4) is 0 Å². The largest absolute Gasteiger partial charge is 0.444 e. The number of hydrogen-bond donors (Lipinski definition) is 0. The number of ether oxygens (including phenoxy) is 2. The molecule has 1 aliphatic rings. The fourth-order valence-corrected chi connectivity index (χ4v) is 1.80. The number of carbonyl (C=O) groups is 1. The number of rotatable bonds is 0. The van der Waals surface area contributed by atoms with Crippen LogP contribution < -0.4 is 0 Å². The molecule has 0 aromatic heterocycles. The van der Waals surface area contributed by atoms with Crippen LogP contribution in [0.2, 0.25) is 0 Å². The molecule has 1 atom stereocenters. The summed E-state index contributed by atoms with van der Waals surface area (Å²) in [6.07, 6.45) is -0.266. The molecule has 0 aliphatic carbocycles. The van der Waals surface area contributed by atoms with Gasteiger partial charge < -0.3 is 14.4 Å². The average Bonchev–Trinajstić information content (AvgIpc) is 2.26. The van der Waals surface area contributed by atoms with Crippen molar-refractivity contribution >= 4 is 22.0 Å². The van der Waals surface area contributed by atoms with Crippen LogP contribution in [-0.4, -0.2) is 47.7 Å². The van der Waals surface area contributed by atoms with E-state index in [2.05, 4.69) is 15.9 Å². The van der Waals surface area contributed by atoms with E-state index >= 15 is 0 Å². The Labute approximate surface area is 99.0 Å². The Bertz CT molecular complexity index is 227. The average molecular weight is 280 g/mol. The maximum absolute atomic E-state index is 11.7. The summed E-state index contributed by atoms with van der Waals surface area (Å²) in [6.45, 7) is 8.03. The highest BCUT2D eigenvalue weighted by Gasteiger charge is 2.25. The van der Waals surface area contributed by atoms with Gasteiger partial charge in [0.25, 0.3) is 0 Å². The highest BCUT2D eigenvalue weighted by atomic mass is 79.9. The molecule has 88 valence electrons. The molecular weight excluding hydrogens is 262 g/mol. The van der Waals surface area contributed by atoms with Crippen LogP contribution in [0.5, 0.6) is 0 Å². The van der Waals surface area contributed by atoms with E-state index in [0.29, 0.717) is 26.3 Å². The van der Waals surface area contributed by atoms with E-state index in [-0.39, 0.29) is 10.9 Å². The van der Waals surface area contributed by atoms with Gasteiger partial charge in [0, 0.05) is 13.1 Å². The van der Waals surface area contributed by atoms with Crippen LogP contribution >= 0.6 is 15.9 Å². The Morgan fingerprint density at radius 1 is 1.53 bits per heavy atom. The fraction of sp³-hybridized carbons (Fsp3) is 0.900. The van der Waals surface area contributed by atoms with Crippen LogP contribution in [0.1, 0.15) is 20.8 Å². The second kappa shape index (κ2) is 5.16. The number of alkyl halides is 1. The summed E-state index contributed by atoms with van der Waals surface area (Å²) in [5.74, 6) is 0. The molecule has 1 unspecified atom stereocenters. The summed E-state index contributed by atoms with van der Waals surface area (Å²) in [6, 6.07) is 0. The molecule has 4 nitrogen and oxygen atoms in total. The SMILES string of the molecule is CC(C)(C)OC(=O)N1CCOCC(Br)C1. The van der Waals surface area contributed by atoms with Crippen molar-refractivity contribution in [1.82, 2.24) is 4.90 Å². The lowest BCUT2D eigenvalue weighted by molar-refractivity contribution is 0.0245. The minimum atomic E-state index is -0.438. The summed E-state index contributed by atoms with van der Waals surface area (Å²) >= 11 is 3.45. The van der Waals surface area contributed by atoms with E-state index in [1.165, 1.54) is 0 Å². The van der Waals surface area contributed by atoms with Crippen molar-refractivity contribution in [1.29, 1.82) is 0 Å². The zero-order valence-corrected chi connectivity index (χ0v) is 11.0. The highest BCUT2D eigenvalue weighted by Crippen LogP contribution is 2.13. The lowest BCUT2D eigenvalue weighted by Crippen LogP contribution is -2.40. The van der Waals surface area contributed by atoms with Crippen LogP contribution in [0.3, 0.4) is 0 Å². The Morgan fingerprint density at radius 2 is 2.20 bits per heavy atom. The number of amides is 1. The van der Waals surface area contributed by atoms with Crippen LogP contribution in [0, 0.1) is 0 Å². The Balaban J connectivity index is 2.50. The standard InChI is InChI=1S/C10H18BrNO3/c1-10(2,3)15-9(13)12-4-5-14-7-8(11)6-12/h8H,4-7H2,1-3H3. The van der Waals surface area contributed by atoms with Crippen molar-refractivity contribution in [2.24, 2.45) is 0 Å².